The number of guanidine groups is 1. The van der Waals surface area contributed by atoms with Crippen LogP contribution in [0, 0.1) is 0 Å². The van der Waals surface area contributed by atoms with Crippen LogP contribution in [0.3, 0.4) is 0 Å². The Hall–Kier alpha value is -1.26. The van der Waals surface area contributed by atoms with Crippen molar-refractivity contribution in [3.63, 3.8) is 0 Å². The number of hydrogen-bond donors (Lipinski definition) is 3. The summed E-state index contributed by atoms with van der Waals surface area (Å²) in [5.41, 5.74) is 6.21. The van der Waals surface area contributed by atoms with Crippen molar-refractivity contribution in [2.24, 2.45) is 10.7 Å². The first kappa shape index (κ1) is 10.8. The Labute approximate surface area is 88.2 Å². The zero-order valence-electron chi connectivity index (χ0n) is 7.92. The molecule has 0 saturated carbocycles. The van der Waals surface area contributed by atoms with E-state index in [9.17, 15) is 0 Å². The Morgan fingerprint density at radius 2 is 2.07 bits per heavy atom. The van der Waals surface area contributed by atoms with E-state index in [4.69, 9.17) is 17.3 Å². The second-order valence-electron chi connectivity index (χ2n) is 2.57. The van der Waals surface area contributed by atoms with Gasteiger partial charge in [0.2, 0.25) is 0 Å². The van der Waals surface area contributed by atoms with Gasteiger partial charge >= 0.3 is 0 Å². The Balaban J connectivity index is 2.67. The molecule has 5 heteroatoms. The van der Waals surface area contributed by atoms with Crippen molar-refractivity contribution in [1.29, 1.82) is 0 Å². The average molecular weight is 213 g/mol. The molecule has 0 heterocycles. The van der Waals surface area contributed by atoms with Gasteiger partial charge in [0.05, 0.1) is 6.67 Å². The third-order valence-electron chi connectivity index (χ3n) is 1.59. The summed E-state index contributed by atoms with van der Waals surface area (Å²) in [6.07, 6.45) is 0. The number of benzene rings is 1. The van der Waals surface area contributed by atoms with Crippen LogP contribution in [0.2, 0.25) is 5.02 Å². The van der Waals surface area contributed by atoms with E-state index in [0.29, 0.717) is 11.0 Å². The van der Waals surface area contributed by atoms with Crippen LogP contribution in [-0.4, -0.2) is 19.7 Å². The van der Waals surface area contributed by atoms with Crippen molar-refractivity contribution in [3.8, 4) is 0 Å². The summed E-state index contributed by atoms with van der Waals surface area (Å²) in [5, 5.41) is 6.65. The highest BCUT2D eigenvalue weighted by atomic mass is 35.5. The highest BCUT2D eigenvalue weighted by Gasteiger charge is 1.95. The molecule has 0 aliphatic carbocycles. The highest BCUT2D eigenvalue weighted by molar-refractivity contribution is 6.30. The molecule has 4 nitrogen and oxygen atoms in total. The minimum absolute atomic E-state index is 0.247. The van der Waals surface area contributed by atoms with Gasteiger partial charge < -0.3 is 16.4 Å². The number of nitrogens with zero attached hydrogens (tertiary/aromatic N) is 1. The molecule has 0 fully saturated rings. The predicted molar refractivity (Wildman–Crippen MR) is 60.6 cm³/mol. The van der Waals surface area contributed by atoms with E-state index < -0.39 is 0 Å². The van der Waals surface area contributed by atoms with Gasteiger partial charge in [0.25, 0.3) is 0 Å². The zero-order chi connectivity index (χ0) is 10.4. The first-order chi connectivity index (χ1) is 6.76. The number of hydrogen-bond acceptors (Lipinski definition) is 2. The van der Waals surface area contributed by atoms with Gasteiger partial charge in [-0.3, -0.25) is 0 Å². The normalized spacial score (nSPS) is 11.2. The third-order valence-corrected chi connectivity index (χ3v) is 1.85. The molecule has 0 aliphatic heterocycles. The third kappa shape index (κ3) is 3.24. The topological polar surface area (TPSA) is 62.4 Å². The Kier molecular flexibility index (Phi) is 4.22. The molecule has 0 aromatic heterocycles. The fraction of sp³-hybridized carbons (Fsp3) is 0.222. The number of halogens is 1. The largest absolute Gasteiger partial charge is 0.359 e. The van der Waals surface area contributed by atoms with Crippen molar-refractivity contribution < 1.29 is 0 Å². The molecular formula is C9H13ClN4. The van der Waals surface area contributed by atoms with Gasteiger partial charge in [-0.25, -0.2) is 4.99 Å². The lowest BCUT2D eigenvalue weighted by molar-refractivity contribution is 1.03. The molecule has 76 valence electrons. The van der Waals surface area contributed by atoms with Crippen LogP contribution in [0.25, 0.3) is 0 Å². The number of aliphatic imine (C=N–C) groups is 1. The SMILES string of the molecule is CN/C(=N\CN)Nc1ccc(Cl)cc1. The second kappa shape index (κ2) is 5.47. The van der Waals surface area contributed by atoms with Crippen molar-refractivity contribution in [2.75, 3.05) is 19.0 Å². The van der Waals surface area contributed by atoms with Crippen LogP contribution < -0.4 is 16.4 Å². The van der Waals surface area contributed by atoms with Crippen LogP contribution >= 0.6 is 11.6 Å². The Bertz CT molecular complexity index is 307. The van der Waals surface area contributed by atoms with Crippen molar-refractivity contribution in [1.82, 2.24) is 5.32 Å². The van der Waals surface area contributed by atoms with Crippen molar-refractivity contribution >= 4 is 23.2 Å². The summed E-state index contributed by atoms with van der Waals surface area (Å²) in [7, 11) is 1.78. The summed E-state index contributed by atoms with van der Waals surface area (Å²) in [5.74, 6) is 0.634. The van der Waals surface area contributed by atoms with E-state index in [1.807, 2.05) is 12.1 Å². The molecule has 0 saturated heterocycles. The molecule has 0 aliphatic rings. The Morgan fingerprint density at radius 1 is 1.43 bits per heavy atom. The van der Waals surface area contributed by atoms with Crippen LogP contribution in [0.4, 0.5) is 5.69 Å². The van der Waals surface area contributed by atoms with Gasteiger partial charge in [-0.1, -0.05) is 11.6 Å². The monoisotopic (exact) mass is 212 g/mol. The van der Waals surface area contributed by atoms with E-state index in [1.165, 1.54) is 0 Å². The highest BCUT2D eigenvalue weighted by Crippen LogP contribution is 2.12. The zero-order valence-corrected chi connectivity index (χ0v) is 8.67. The lowest BCUT2D eigenvalue weighted by atomic mass is 10.3. The Morgan fingerprint density at radius 3 is 2.57 bits per heavy atom. The van der Waals surface area contributed by atoms with Crippen molar-refractivity contribution in [3.05, 3.63) is 29.3 Å². The maximum absolute atomic E-state index is 5.75. The van der Waals surface area contributed by atoms with E-state index in [0.717, 1.165) is 5.69 Å². The van der Waals surface area contributed by atoms with Crippen LogP contribution in [0.1, 0.15) is 0 Å². The summed E-state index contributed by atoms with van der Waals surface area (Å²) in [4.78, 5) is 4.00. The van der Waals surface area contributed by atoms with Gasteiger partial charge in [0, 0.05) is 17.8 Å². The van der Waals surface area contributed by atoms with E-state index >= 15 is 0 Å². The molecular weight excluding hydrogens is 200 g/mol. The quantitative estimate of drug-likeness (QED) is 0.511. The lowest BCUT2D eigenvalue weighted by Gasteiger charge is -2.08. The van der Waals surface area contributed by atoms with Gasteiger partial charge in [-0.2, -0.15) is 0 Å². The minimum atomic E-state index is 0.247. The van der Waals surface area contributed by atoms with Gasteiger partial charge in [-0.05, 0) is 24.3 Å². The molecule has 0 radical (unpaired) electrons. The van der Waals surface area contributed by atoms with Crippen LogP contribution in [0.15, 0.2) is 29.3 Å². The lowest BCUT2D eigenvalue weighted by Crippen LogP contribution is -2.28. The number of nitrogens with one attached hydrogen (secondary N) is 2. The molecule has 0 spiro atoms. The maximum atomic E-state index is 5.75. The molecule has 0 bridgehead atoms. The average Bonchev–Trinajstić information content (AvgIpc) is 2.20. The smallest absolute Gasteiger partial charge is 0.196 e. The second-order valence-corrected chi connectivity index (χ2v) is 3.01. The maximum Gasteiger partial charge on any atom is 0.196 e. The number of anilines is 1. The van der Waals surface area contributed by atoms with Gasteiger partial charge in [0.1, 0.15) is 0 Å². The fourth-order valence-electron chi connectivity index (χ4n) is 0.942. The first-order valence-corrected chi connectivity index (χ1v) is 4.59. The van der Waals surface area contributed by atoms with Crippen LogP contribution in [0.5, 0.6) is 0 Å². The van der Waals surface area contributed by atoms with E-state index in [2.05, 4.69) is 15.6 Å². The van der Waals surface area contributed by atoms with Crippen LogP contribution in [-0.2, 0) is 0 Å². The summed E-state index contributed by atoms with van der Waals surface area (Å²) in [6, 6.07) is 7.34. The molecule has 0 amide bonds. The fourth-order valence-corrected chi connectivity index (χ4v) is 1.07. The summed E-state index contributed by atoms with van der Waals surface area (Å²) >= 11 is 5.75. The van der Waals surface area contributed by atoms with Gasteiger partial charge in [0.15, 0.2) is 5.96 Å². The molecule has 14 heavy (non-hydrogen) atoms. The minimum Gasteiger partial charge on any atom is -0.359 e. The standard InChI is InChI=1S/C9H13ClN4/c1-12-9(13-6-11)14-8-4-2-7(10)3-5-8/h2-5H,6,11H2,1H3,(H2,12,13,14). The summed E-state index contributed by atoms with van der Waals surface area (Å²) < 4.78 is 0. The first-order valence-electron chi connectivity index (χ1n) is 4.21. The number of nitrogens with two attached hydrogens (primary N) is 1. The summed E-state index contributed by atoms with van der Waals surface area (Å²) in [6.45, 7) is 0.247. The number of rotatable bonds is 2. The molecule has 4 N–H and O–H groups in total. The molecule has 0 unspecified atom stereocenters. The molecule has 1 aromatic carbocycles. The van der Waals surface area contributed by atoms with E-state index in [1.54, 1.807) is 19.2 Å². The van der Waals surface area contributed by atoms with Crippen molar-refractivity contribution in [2.45, 2.75) is 0 Å². The van der Waals surface area contributed by atoms with Gasteiger partial charge in [-0.15, -0.1) is 0 Å². The molecule has 0 atom stereocenters. The molecule has 1 aromatic rings. The predicted octanol–water partition coefficient (Wildman–Crippen LogP) is 1.24. The van der Waals surface area contributed by atoms with E-state index in [-0.39, 0.29) is 6.67 Å². The molecule has 1 rings (SSSR count).